The Morgan fingerprint density at radius 3 is 1.85 bits per heavy atom. The molecule has 2 fully saturated rings. The van der Waals surface area contributed by atoms with E-state index in [0.717, 1.165) is 90.9 Å². The van der Waals surface area contributed by atoms with Gasteiger partial charge in [-0.2, -0.15) is 0 Å². The summed E-state index contributed by atoms with van der Waals surface area (Å²) in [7, 11) is -1.16. The molecule has 0 aliphatic carbocycles. The zero-order valence-electron chi connectivity index (χ0n) is 47.2. The zero-order chi connectivity index (χ0) is 52.6. The van der Waals surface area contributed by atoms with Crippen molar-refractivity contribution in [2.24, 2.45) is 0 Å². The van der Waals surface area contributed by atoms with Crippen LogP contribution in [0, 0.1) is 6.07 Å². The Balaban J connectivity index is 0.00000689. The number of phenols is 1. The van der Waals surface area contributed by atoms with Crippen molar-refractivity contribution in [3.63, 3.8) is 0 Å². The zero-order valence-corrected chi connectivity index (χ0v) is 49.4. The molecule has 0 atom stereocenters. The van der Waals surface area contributed by atoms with Crippen LogP contribution in [0.2, 0.25) is 24.2 Å². The minimum absolute atomic E-state index is 0. The van der Waals surface area contributed by atoms with Gasteiger partial charge in [0.2, 0.25) is 0 Å². The van der Waals surface area contributed by atoms with Gasteiger partial charge in [-0.3, -0.25) is 9.55 Å². The summed E-state index contributed by atoms with van der Waals surface area (Å²) in [5.41, 5.74) is 16.4. The summed E-state index contributed by atoms with van der Waals surface area (Å²) in [5, 5.41) is 12.6. The monoisotopic (exact) mass is 1180 g/mol. The fourth-order valence-electron chi connectivity index (χ4n) is 11.7. The molecule has 0 radical (unpaired) electrons. The summed E-state index contributed by atoms with van der Waals surface area (Å²) in [6.07, 6.45) is 8.20. The molecule has 1 N–H and O–H groups in total. The van der Waals surface area contributed by atoms with Gasteiger partial charge >= 0.3 is 0 Å². The second-order valence-electron chi connectivity index (χ2n) is 25.8. The molecule has 6 aromatic carbocycles. The first-order chi connectivity index (χ1) is 34.9. The number of phenolic OH excluding ortho intramolecular Hbond substituents is 1. The Morgan fingerprint density at radius 2 is 1.20 bits per heavy atom. The molecule has 0 unspecified atom stereocenters. The number of imidazole rings is 1. The molecule has 0 amide bonds. The number of para-hydroxylation sites is 1. The summed E-state index contributed by atoms with van der Waals surface area (Å²) < 4.78 is 11.9. The van der Waals surface area contributed by atoms with Crippen molar-refractivity contribution in [3.8, 4) is 67.5 Å². The normalized spacial score (nSPS) is 16.2. The van der Waals surface area contributed by atoms with Crippen LogP contribution in [0.4, 0.5) is 0 Å². The summed E-state index contributed by atoms with van der Waals surface area (Å²) in [4.78, 5) is 10.7. The number of aromatic nitrogens is 3. The van der Waals surface area contributed by atoms with Crippen molar-refractivity contribution in [3.05, 3.63) is 167 Å². The van der Waals surface area contributed by atoms with Crippen LogP contribution in [0.15, 0.2) is 134 Å². The topological polar surface area (TPSA) is 50.9 Å². The van der Waals surface area contributed by atoms with Gasteiger partial charge in [0.25, 0.3) is 0 Å². The average molecular weight is 1180 g/mol. The summed E-state index contributed by atoms with van der Waals surface area (Å²) >= 11 is 0. The van der Waals surface area contributed by atoms with Gasteiger partial charge in [-0.25, -0.2) is 4.98 Å². The van der Waals surface area contributed by atoms with Crippen molar-refractivity contribution < 1.29 is 27.5 Å². The third-order valence-electron chi connectivity index (χ3n) is 16.4. The molecule has 1 spiro atoms. The van der Waals surface area contributed by atoms with Crippen molar-refractivity contribution in [2.75, 3.05) is 0 Å². The predicted octanol–water partition coefficient (Wildman–Crippen LogP) is 19.0. The molecule has 0 saturated carbocycles. The molecule has 0 bridgehead atoms. The number of hydrogen-bond donors (Lipinski definition) is 1. The smallest absolute Gasteiger partial charge is 0.148 e. The molecule has 10 rings (SSSR count). The number of benzene rings is 6. The number of pyridine rings is 1. The van der Waals surface area contributed by atoms with Crippen LogP contribution in [-0.2, 0) is 42.7 Å². The van der Waals surface area contributed by atoms with Gasteiger partial charge in [0, 0.05) is 45.5 Å². The second-order valence-corrected chi connectivity index (χ2v) is 30.8. The SMILES string of the molecule is [2H]C1(c2ccc(-c3ccnc(-c4[c-]c(-c5cccc6c5nc(-c5cc(C(C)(C)C)cc(C(C)(C)C)c5O)n6-c5ccc(C(C)(C)C)cc5-c5ccccc5)cc(C(C)(C)C)c4)c3)cc2)CC[Si]2(CCCCC2)CC1.[Pt]. The third kappa shape index (κ3) is 10.7. The molecular weight excluding hydrogens is 1100 g/mol. The van der Waals surface area contributed by atoms with E-state index >= 15 is 0 Å². The van der Waals surface area contributed by atoms with Gasteiger partial charge in [-0.05, 0) is 104 Å². The Labute approximate surface area is 460 Å². The van der Waals surface area contributed by atoms with E-state index in [9.17, 15) is 6.48 Å². The first-order valence-electron chi connectivity index (χ1n) is 27.7. The molecule has 74 heavy (non-hydrogen) atoms. The van der Waals surface area contributed by atoms with Gasteiger partial charge in [-0.1, -0.05) is 223 Å². The molecule has 6 heteroatoms. The van der Waals surface area contributed by atoms with E-state index in [-0.39, 0.29) is 48.5 Å². The van der Waals surface area contributed by atoms with Gasteiger partial charge in [-0.15, -0.1) is 29.3 Å². The summed E-state index contributed by atoms with van der Waals surface area (Å²) in [6.45, 7) is 26.8. The van der Waals surface area contributed by atoms with Crippen molar-refractivity contribution in [1.82, 2.24) is 14.5 Å². The van der Waals surface area contributed by atoms with E-state index in [0.29, 0.717) is 11.4 Å². The molecule has 4 heterocycles. The number of aromatic hydroxyl groups is 1. The van der Waals surface area contributed by atoms with Crippen molar-refractivity contribution in [1.29, 1.82) is 0 Å². The van der Waals surface area contributed by atoms with Crippen LogP contribution < -0.4 is 0 Å². The minimum Gasteiger partial charge on any atom is -0.507 e. The fourth-order valence-corrected chi connectivity index (χ4v) is 16.9. The molecular formula is C68H78N3OPtSi-. The number of fused-ring (bicyclic) bond motifs is 1. The van der Waals surface area contributed by atoms with E-state index in [1.54, 1.807) is 0 Å². The second kappa shape index (κ2) is 20.3. The Kier molecular flexibility index (Phi) is 14.3. The maximum atomic E-state index is 12.6. The Bertz CT molecular complexity index is 3370. The quantitative estimate of drug-likeness (QED) is 0.128. The number of rotatable bonds is 7. The molecule has 4 nitrogen and oxygen atoms in total. The molecule has 2 saturated heterocycles. The Morgan fingerprint density at radius 1 is 0.568 bits per heavy atom. The van der Waals surface area contributed by atoms with Crippen molar-refractivity contribution in [2.45, 2.75) is 167 Å². The standard InChI is InChI=1S/C68H78N3OSi.Pt/c1-65(2,3)52-28-29-60(56(42-52)48-20-15-13-16-21-48)71-61-23-19-22-55(62(61)70-64(71)57-43-54(67(7,8)9)44-58(63(57)72)68(10,11)12)50-38-51(40-53(39-50)66(4,5)6)59-41-49(30-33-69-59)46-26-24-45(25-27-46)47-31-36-73(37-32-47)34-17-14-18-35-73;/h13,15-16,19-30,33,39-44,47,72H,14,17-18,31-32,34-37H2,1-12H3;/q-1;/i47D;. The van der Waals surface area contributed by atoms with E-state index in [2.05, 4.69) is 221 Å². The van der Waals surface area contributed by atoms with E-state index < -0.39 is 14.0 Å². The third-order valence-corrected chi connectivity index (χ3v) is 21.9. The van der Waals surface area contributed by atoms with Crippen LogP contribution in [0.3, 0.4) is 0 Å². The fraction of sp³-hybridized carbons (Fsp3) is 0.382. The van der Waals surface area contributed by atoms with Crippen LogP contribution in [-0.4, -0.2) is 27.7 Å². The van der Waals surface area contributed by atoms with E-state index in [1.165, 1.54) is 54.6 Å². The first kappa shape index (κ1) is 52.1. The summed E-state index contributed by atoms with van der Waals surface area (Å²) in [5.74, 6) is 0.454. The number of hydrogen-bond acceptors (Lipinski definition) is 3. The van der Waals surface area contributed by atoms with Crippen LogP contribution >= 0.6 is 0 Å². The van der Waals surface area contributed by atoms with E-state index in [4.69, 9.17) is 9.97 Å². The van der Waals surface area contributed by atoms with Crippen LogP contribution in [0.5, 0.6) is 5.75 Å². The molecule has 2 aliphatic rings. The van der Waals surface area contributed by atoms with E-state index in [1.807, 2.05) is 6.20 Å². The van der Waals surface area contributed by atoms with Crippen LogP contribution in [0.1, 0.15) is 150 Å². The predicted molar refractivity (Wildman–Crippen MR) is 312 cm³/mol. The van der Waals surface area contributed by atoms with Gasteiger partial charge < -0.3 is 5.11 Å². The maximum Gasteiger partial charge on any atom is 0.148 e. The van der Waals surface area contributed by atoms with Crippen molar-refractivity contribution >= 4 is 19.1 Å². The molecule has 386 valence electrons. The van der Waals surface area contributed by atoms with Gasteiger partial charge in [0.05, 0.1) is 30.4 Å². The molecule has 2 aromatic heterocycles. The van der Waals surface area contributed by atoms with Gasteiger partial charge in [0.1, 0.15) is 11.6 Å². The largest absolute Gasteiger partial charge is 0.507 e. The Hall–Kier alpha value is -5.35. The van der Waals surface area contributed by atoms with Crippen LogP contribution in [0.25, 0.3) is 72.7 Å². The maximum absolute atomic E-state index is 12.6. The average Bonchev–Trinajstić information content (AvgIpc) is 3.76. The molecule has 8 aromatic rings. The first-order valence-corrected chi connectivity index (χ1v) is 30.0. The summed E-state index contributed by atoms with van der Waals surface area (Å²) in [6, 6.07) is 55.6. The number of nitrogens with zero attached hydrogens (tertiary/aromatic N) is 3. The van der Waals surface area contributed by atoms with Gasteiger partial charge in [0.15, 0.2) is 0 Å². The minimum atomic E-state index is -1.16. The molecule has 2 aliphatic heterocycles.